The summed E-state index contributed by atoms with van der Waals surface area (Å²) in [6, 6.07) is 10.0. The summed E-state index contributed by atoms with van der Waals surface area (Å²) >= 11 is 6.09. The quantitative estimate of drug-likeness (QED) is 0.622. The van der Waals surface area contributed by atoms with E-state index in [1.165, 1.54) is 36.4 Å². The molecule has 0 spiro atoms. The van der Waals surface area contributed by atoms with Gasteiger partial charge in [0, 0.05) is 36.5 Å². The minimum Gasteiger partial charge on any atom is -0.508 e. The van der Waals surface area contributed by atoms with Crippen molar-refractivity contribution in [3.63, 3.8) is 0 Å². The van der Waals surface area contributed by atoms with Gasteiger partial charge in [-0.3, -0.25) is 14.3 Å². The van der Waals surface area contributed by atoms with Crippen LogP contribution in [0.5, 0.6) is 17.2 Å². The van der Waals surface area contributed by atoms with E-state index in [0.29, 0.717) is 5.82 Å². The van der Waals surface area contributed by atoms with Crippen molar-refractivity contribution >= 4 is 29.2 Å². The van der Waals surface area contributed by atoms with Gasteiger partial charge in [0.15, 0.2) is 5.82 Å². The van der Waals surface area contributed by atoms with Gasteiger partial charge in [0.05, 0.1) is 5.02 Å². The molecule has 2 amide bonds. The van der Waals surface area contributed by atoms with Crippen molar-refractivity contribution in [1.82, 2.24) is 9.78 Å². The van der Waals surface area contributed by atoms with Crippen LogP contribution in [0.4, 0.5) is 5.82 Å². The first-order valence-corrected chi connectivity index (χ1v) is 8.12. The molecule has 0 fully saturated rings. The molecular formula is C18H15ClN4O4. The van der Waals surface area contributed by atoms with Gasteiger partial charge in [0.25, 0.3) is 5.91 Å². The number of amides is 2. The van der Waals surface area contributed by atoms with Crippen LogP contribution in [0, 0.1) is 0 Å². The van der Waals surface area contributed by atoms with Crippen molar-refractivity contribution in [2.24, 2.45) is 12.8 Å². The number of carbonyl (C=O) groups is 2. The Labute approximate surface area is 159 Å². The molecule has 0 bridgehead atoms. The SMILES string of the molecule is Cn1ccc(NC(=O)c2cc(O)cc(Oc3ccc(C(N)=O)cc3Cl)c2)n1. The minimum absolute atomic E-state index is 0.161. The molecule has 8 nitrogen and oxygen atoms in total. The van der Waals surface area contributed by atoms with Crippen LogP contribution in [0.15, 0.2) is 48.7 Å². The monoisotopic (exact) mass is 386 g/mol. The van der Waals surface area contributed by atoms with E-state index >= 15 is 0 Å². The number of aryl methyl sites for hydroxylation is 1. The van der Waals surface area contributed by atoms with Crippen LogP contribution in [0.25, 0.3) is 0 Å². The summed E-state index contributed by atoms with van der Waals surface area (Å²) in [5.41, 5.74) is 5.60. The van der Waals surface area contributed by atoms with Crippen LogP contribution in [0.1, 0.15) is 20.7 Å². The highest BCUT2D eigenvalue weighted by Crippen LogP contribution is 2.32. The fourth-order valence-electron chi connectivity index (χ4n) is 2.31. The molecule has 0 saturated heterocycles. The number of nitrogens with two attached hydrogens (primary N) is 1. The molecule has 138 valence electrons. The maximum atomic E-state index is 12.4. The molecule has 1 aromatic heterocycles. The van der Waals surface area contributed by atoms with E-state index in [1.54, 1.807) is 24.0 Å². The Hall–Kier alpha value is -3.52. The number of aromatic nitrogens is 2. The fraction of sp³-hybridized carbons (Fsp3) is 0.0556. The number of anilines is 1. The van der Waals surface area contributed by atoms with Gasteiger partial charge in [-0.25, -0.2) is 0 Å². The average molecular weight is 387 g/mol. The van der Waals surface area contributed by atoms with E-state index in [2.05, 4.69) is 10.4 Å². The van der Waals surface area contributed by atoms with Crippen LogP contribution >= 0.6 is 11.6 Å². The lowest BCUT2D eigenvalue weighted by Gasteiger charge is -2.10. The first kappa shape index (κ1) is 18.3. The molecule has 0 aliphatic carbocycles. The molecule has 2 aromatic carbocycles. The highest BCUT2D eigenvalue weighted by atomic mass is 35.5. The van der Waals surface area contributed by atoms with Crippen LogP contribution in [-0.4, -0.2) is 26.7 Å². The van der Waals surface area contributed by atoms with Crippen LogP contribution in [-0.2, 0) is 7.05 Å². The Morgan fingerprint density at radius 2 is 1.96 bits per heavy atom. The maximum Gasteiger partial charge on any atom is 0.257 e. The zero-order chi connectivity index (χ0) is 19.6. The first-order valence-electron chi connectivity index (χ1n) is 7.74. The Balaban J connectivity index is 1.83. The lowest BCUT2D eigenvalue weighted by Crippen LogP contribution is -2.12. The van der Waals surface area contributed by atoms with Crippen LogP contribution in [0.3, 0.4) is 0 Å². The highest BCUT2D eigenvalue weighted by molar-refractivity contribution is 6.32. The summed E-state index contributed by atoms with van der Waals surface area (Å²) in [7, 11) is 1.73. The number of rotatable bonds is 5. The number of phenolic OH excluding ortho intramolecular Hbond substituents is 1. The standard InChI is InChI=1S/C18H15ClN4O4/c1-23-5-4-16(22-23)21-18(26)11-6-12(24)9-13(7-11)27-15-3-2-10(17(20)25)8-14(15)19/h2-9,24H,1H3,(H2,20,25)(H,21,22,26). The Morgan fingerprint density at radius 3 is 2.59 bits per heavy atom. The highest BCUT2D eigenvalue weighted by Gasteiger charge is 2.13. The molecule has 3 rings (SSSR count). The zero-order valence-corrected chi connectivity index (χ0v) is 14.9. The van der Waals surface area contributed by atoms with E-state index in [0.717, 1.165) is 0 Å². The van der Waals surface area contributed by atoms with E-state index in [4.69, 9.17) is 22.1 Å². The summed E-state index contributed by atoms with van der Waals surface area (Å²) in [4.78, 5) is 23.5. The molecule has 0 aliphatic heterocycles. The van der Waals surface area contributed by atoms with Gasteiger partial charge in [0.1, 0.15) is 17.2 Å². The third-order valence-electron chi connectivity index (χ3n) is 3.55. The van der Waals surface area contributed by atoms with Crippen LogP contribution < -0.4 is 15.8 Å². The molecule has 3 aromatic rings. The number of carbonyl (C=O) groups excluding carboxylic acids is 2. The Morgan fingerprint density at radius 1 is 1.19 bits per heavy atom. The van der Waals surface area contributed by atoms with E-state index in [1.807, 2.05) is 0 Å². The van der Waals surface area contributed by atoms with Crippen molar-refractivity contribution < 1.29 is 19.4 Å². The van der Waals surface area contributed by atoms with E-state index < -0.39 is 11.8 Å². The van der Waals surface area contributed by atoms with Crippen LogP contribution in [0.2, 0.25) is 5.02 Å². The van der Waals surface area contributed by atoms with Crippen molar-refractivity contribution in [3.8, 4) is 17.2 Å². The number of phenols is 1. The smallest absolute Gasteiger partial charge is 0.257 e. The molecule has 4 N–H and O–H groups in total. The van der Waals surface area contributed by atoms with Gasteiger partial charge in [0.2, 0.25) is 5.91 Å². The number of halogens is 1. The Kier molecular flexibility index (Phi) is 5.00. The predicted octanol–water partition coefficient (Wildman–Crippen LogP) is 2.92. The third-order valence-corrected chi connectivity index (χ3v) is 3.85. The number of ether oxygens (including phenoxy) is 1. The minimum atomic E-state index is -0.616. The van der Waals surface area contributed by atoms with Gasteiger partial charge < -0.3 is 20.9 Å². The van der Waals surface area contributed by atoms with Gasteiger partial charge in [-0.1, -0.05) is 11.6 Å². The lowest BCUT2D eigenvalue weighted by atomic mass is 10.2. The summed E-state index contributed by atoms with van der Waals surface area (Å²) in [6.07, 6.45) is 1.68. The second-order valence-electron chi connectivity index (χ2n) is 5.66. The number of hydrogen-bond acceptors (Lipinski definition) is 5. The summed E-state index contributed by atoms with van der Waals surface area (Å²) < 4.78 is 7.17. The average Bonchev–Trinajstić information content (AvgIpc) is 3.01. The molecule has 27 heavy (non-hydrogen) atoms. The molecule has 9 heteroatoms. The van der Waals surface area contributed by atoms with Crippen molar-refractivity contribution in [3.05, 3.63) is 64.8 Å². The van der Waals surface area contributed by atoms with Gasteiger partial charge in [-0.15, -0.1) is 0 Å². The maximum absolute atomic E-state index is 12.4. The van der Waals surface area contributed by atoms with Gasteiger partial charge in [-0.05, 0) is 30.3 Å². The topological polar surface area (TPSA) is 119 Å². The zero-order valence-electron chi connectivity index (χ0n) is 14.1. The molecule has 0 saturated carbocycles. The summed E-state index contributed by atoms with van der Waals surface area (Å²) in [5.74, 6) is -0.445. The normalized spacial score (nSPS) is 10.4. The number of benzene rings is 2. The molecular weight excluding hydrogens is 372 g/mol. The Bertz CT molecular complexity index is 1030. The second kappa shape index (κ2) is 7.38. The van der Waals surface area contributed by atoms with Crippen molar-refractivity contribution in [2.75, 3.05) is 5.32 Å². The largest absolute Gasteiger partial charge is 0.508 e. The molecule has 0 atom stereocenters. The summed E-state index contributed by atoms with van der Waals surface area (Å²) in [6.45, 7) is 0. The van der Waals surface area contributed by atoms with Gasteiger partial charge >= 0.3 is 0 Å². The third kappa shape index (κ3) is 4.36. The number of aromatic hydroxyl groups is 1. The molecule has 0 unspecified atom stereocenters. The number of nitrogens with zero attached hydrogens (tertiary/aromatic N) is 2. The second-order valence-corrected chi connectivity index (χ2v) is 6.06. The molecule has 0 radical (unpaired) electrons. The lowest BCUT2D eigenvalue weighted by molar-refractivity contribution is 0.0997. The molecule has 0 aliphatic rings. The number of nitrogens with one attached hydrogen (secondary N) is 1. The van der Waals surface area contributed by atoms with Crippen molar-refractivity contribution in [1.29, 1.82) is 0 Å². The predicted molar refractivity (Wildman–Crippen MR) is 99.3 cm³/mol. The summed E-state index contributed by atoms with van der Waals surface area (Å²) in [5, 5.41) is 16.7. The van der Waals surface area contributed by atoms with Gasteiger partial charge in [-0.2, -0.15) is 5.10 Å². The first-order chi connectivity index (χ1) is 12.8. The number of primary amides is 1. The van der Waals surface area contributed by atoms with Crippen molar-refractivity contribution in [2.45, 2.75) is 0 Å². The molecule has 1 heterocycles. The van der Waals surface area contributed by atoms with E-state index in [-0.39, 0.29) is 33.4 Å². The van der Waals surface area contributed by atoms with E-state index in [9.17, 15) is 14.7 Å². The fourth-order valence-corrected chi connectivity index (χ4v) is 2.53. The number of hydrogen-bond donors (Lipinski definition) is 3.